The Labute approximate surface area is 390 Å². The molecule has 64 heavy (non-hydrogen) atoms. The van der Waals surface area contributed by atoms with Gasteiger partial charge in [0, 0.05) is 35.2 Å². The van der Waals surface area contributed by atoms with Crippen LogP contribution in [0.2, 0.25) is 10.0 Å². The zero-order valence-electron chi connectivity index (χ0n) is 32.8. The van der Waals surface area contributed by atoms with Gasteiger partial charge >= 0.3 is 0 Å². The first kappa shape index (κ1) is 50.4. The number of halogens is 4. The van der Waals surface area contributed by atoms with Crippen molar-refractivity contribution in [2.24, 2.45) is 0 Å². The van der Waals surface area contributed by atoms with E-state index < -0.39 is 68.0 Å². The van der Waals surface area contributed by atoms with Crippen LogP contribution in [0.3, 0.4) is 0 Å². The quantitative estimate of drug-likeness (QED) is 0.119. The summed E-state index contributed by atoms with van der Waals surface area (Å²) in [5.41, 5.74) is 4.62. The van der Waals surface area contributed by atoms with Gasteiger partial charge in [-0.25, -0.2) is 8.78 Å². The highest BCUT2D eigenvalue weighted by atomic mass is 35.5. The van der Waals surface area contributed by atoms with Crippen molar-refractivity contribution < 1.29 is 35.2 Å². The van der Waals surface area contributed by atoms with E-state index >= 15 is 0 Å². The largest absolute Gasteiger partial charge is 0.325 e. The van der Waals surface area contributed by atoms with Crippen molar-refractivity contribution in [3.63, 3.8) is 0 Å². The normalized spacial score (nSPS) is 20.3. The molecule has 4 N–H and O–H groups in total. The highest BCUT2D eigenvalue weighted by Crippen LogP contribution is 2.37. The minimum atomic E-state index is -3.87. The lowest BCUT2D eigenvalue weighted by Crippen LogP contribution is -2.55. The first-order valence-corrected chi connectivity index (χ1v) is 24.2. The second-order valence-corrected chi connectivity index (χ2v) is 20.6. The zero-order chi connectivity index (χ0) is 44.3. The van der Waals surface area contributed by atoms with Gasteiger partial charge in [0.1, 0.15) is 23.7 Å². The third kappa shape index (κ3) is 11.6. The number of benzene rings is 4. The van der Waals surface area contributed by atoms with E-state index in [2.05, 4.69) is 20.1 Å². The van der Waals surface area contributed by atoms with Gasteiger partial charge < -0.3 is 10.6 Å². The van der Waals surface area contributed by atoms with Gasteiger partial charge in [0.2, 0.25) is 11.8 Å². The highest BCUT2D eigenvalue weighted by Gasteiger charge is 2.42. The Morgan fingerprint density at radius 3 is 1.30 bits per heavy atom. The molecule has 4 atom stereocenters. The number of thiophene rings is 2. The van der Waals surface area contributed by atoms with Crippen molar-refractivity contribution in [3.8, 4) is 22.3 Å². The van der Waals surface area contributed by atoms with Crippen LogP contribution in [-0.2, 0) is 30.0 Å². The molecule has 4 aromatic carbocycles. The Morgan fingerprint density at radius 1 is 0.594 bits per heavy atom. The number of nitrogens with zero attached hydrogens (tertiary/aromatic N) is 2. The van der Waals surface area contributed by atoms with Gasteiger partial charge in [0.05, 0.1) is 22.1 Å². The summed E-state index contributed by atoms with van der Waals surface area (Å²) in [6.45, 7) is 0. The maximum Gasteiger partial charge on any atom is 0.280 e. The molecule has 2 aliphatic rings. The summed E-state index contributed by atoms with van der Waals surface area (Å²) in [6.07, 6.45) is 0.483. The minimum Gasteiger partial charge on any atom is -0.325 e. The van der Waals surface area contributed by atoms with E-state index in [1.165, 1.54) is 61.0 Å². The molecule has 8 rings (SSSR count). The average Bonchev–Trinajstić information content (AvgIpc) is 3.95. The summed E-state index contributed by atoms with van der Waals surface area (Å²) in [5, 5.41) is 8.93. The number of carbonyl (C=O) groups is 2. The lowest BCUT2D eigenvalue weighted by atomic mass is 10.0. The van der Waals surface area contributed by atoms with E-state index in [4.69, 9.17) is 23.2 Å². The van der Waals surface area contributed by atoms with E-state index in [1.807, 2.05) is 83.6 Å². The Balaban J connectivity index is 0.000000234. The smallest absolute Gasteiger partial charge is 0.280 e. The van der Waals surface area contributed by atoms with E-state index in [0.29, 0.717) is 11.4 Å². The lowest BCUT2D eigenvalue weighted by molar-refractivity contribution is -0.120. The van der Waals surface area contributed by atoms with Crippen molar-refractivity contribution in [3.05, 3.63) is 151 Å². The molecule has 0 aliphatic carbocycles. The van der Waals surface area contributed by atoms with E-state index in [9.17, 15) is 35.2 Å². The molecule has 2 amide bonds. The number of nitrogens with one attached hydrogen (secondary N) is 4. The van der Waals surface area contributed by atoms with Gasteiger partial charge in [-0.2, -0.15) is 34.9 Å². The van der Waals surface area contributed by atoms with Crippen LogP contribution in [0, 0.1) is 11.6 Å². The first-order valence-electron chi connectivity index (χ1n) is 18.8. The fraction of sp³-hybridized carbons (Fsp3) is 0.227. The molecule has 0 radical (unpaired) electrons. The molecule has 2 aliphatic heterocycles. The molecule has 0 bridgehead atoms. The number of hydrogen-bond acceptors (Lipinski definition) is 8. The first-order chi connectivity index (χ1) is 29.5. The van der Waals surface area contributed by atoms with Gasteiger partial charge in [-0.3, -0.25) is 9.59 Å². The van der Waals surface area contributed by atoms with Gasteiger partial charge in [-0.05, 0) is 94.4 Å². The fourth-order valence-electron chi connectivity index (χ4n) is 6.83. The van der Waals surface area contributed by atoms with Crippen LogP contribution in [0.15, 0.2) is 120 Å². The second kappa shape index (κ2) is 21.1. The van der Waals surface area contributed by atoms with Crippen molar-refractivity contribution in [2.45, 2.75) is 51.9 Å². The van der Waals surface area contributed by atoms with Crippen LogP contribution in [0.25, 0.3) is 22.3 Å². The third-order valence-corrected chi connectivity index (χ3v) is 16.1. The van der Waals surface area contributed by atoms with E-state index in [-0.39, 0.29) is 37.7 Å². The second-order valence-electron chi connectivity index (χ2n) is 14.3. The van der Waals surface area contributed by atoms with Crippen LogP contribution >= 0.6 is 45.9 Å². The summed E-state index contributed by atoms with van der Waals surface area (Å²) < 4.78 is 84.8. The molecular formula is C44H46Cl2F2N6O6S4. The van der Waals surface area contributed by atoms with E-state index in [1.54, 1.807) is 0 Å². The van der Waals surface area contributed by atoms with Crippen molar-refractivity contribution >= 4 is 89.5 Å². The molecule has 340 valence electrons. The van der Waals surface area contributed by atoms with Crippen LogP contribution in [0.1, 0.15) is 49.5 Å². The van der Waals surface area contributed by atoms with Crippen LogP contribution < -0.4 is 20.1 Å². The van der Waals surface area contributed by atoms with Crippen LogP contribution in [-0.4, -0.2) is 63.4 Å². The molecule has 12 nitrogen and oxygen atoms in total. The van der Waals surface area contributed by atoms with Crippen molar-refractivity contribution in [1.29, 1.82) is 0 Å². The predicted molar refractivity (Wildman–Crippen MR) is 255 cm³/mol. The molecule has 2 fully saturated rings. The monoisotopic (exact) mass is 990 g/mol. The van der Waals surface area contributed by atoms with Gasteiger partial charge in [0.25, 0.3) is 20.4 Å². The number of amides is 2. The van der Waals surface area contributed by atoms with Gasteiger partial charge in [0.15, 0.2) is 0 Å². The predicted octanol–water partition coefficient (Wildman–Crippen LogP) is 10.1. The standard InChI is InChI=1S/2C21H19ClFN3O3S2.2CH4/c2*1-26-19(21(27)24-15-7-8-17(23)16(22)10-15)11-18(25-31(26,28)29)20-9-14(12-30-20)13-5-3-2-4-6-13;;/h2*2-10,12,18-19,25H,11H2,1H3,(H,24,27);2*1H4/t2*18-,19+;;/m10../s1. The summed E-state index contributed by atoms with van der Waals surface area (Å²) in [4.78, 5) is 27.4. The van der Waals surface area contributed by atoms with E-state index in [0.717, 1.165) is 52.8 Å². The molecular weight excluding hydrogens is 946 g/mol. The SMILES string of the molecule is C.C.CN1[C@@H](C(=O)Nc2ccc(F)c(Cl)c2)C[C@@H](c2cc(-c3ccccc3)cs2)NS1(=O)=O.CN1[C@H](C(=O)Nc2ccc(F)c(Cl)c2)C[C@H](c2cc(-c3ccccc3)cs2)NS1(=O)=O. The Hall–Kier alpha value is -4.60. The van der Waals surface area contributed by atoms with Crippen molar-refractivity contribution in [1.82, 2.24) is 18.1 Å². The fourth-order valence-corrected chi connectivity index (χ4v) is 11.8. The molecule has 0 spiro atoms. The van der Waals surface area contributed by atoms with Gasteiger partial charge in [-0.1, -0.05) is 98.7 Å². The summed E-state index contributed by atoms with van der Waals surface area (Å²) >= 11 is 14.4. The van der Waals surface area contributed by atoms with Crippen molar-refractivity contribution in [2.75, 3.05) is 24.7 Å². The Kier molecular flexibility index (Phi) is 16.6. The number of hydrogen-bond donors (Lipinski definition) is 4. The lowest BCUT2D eigenvalue weighted by Gasteiger charge is -2.35. The maximum atomic E-state index is 13.4. The zero-order valence-corrected chi connectivity index (χ0v) is 37.5. The molecule has 0 saturated carbocycles. The molecule has 4 heterocycles. The minimum absolute atomic E-state index is 0. The van der Waals surface area contributed by atoms with Gasteiger partial charge in [-0.15, -0.1) is 22.7 Å². The Morgan fingerprint density at radius 2 is 0.953 bits per heavy atom. The average molecular weight is 992 g/mol. The summed E-state index contributed by atoms with van der Waals surface area (Å²) in [5.74, 6) is -2.23. The maximum absolute atomic E-state index is 13.4. The Bertz CT molecular complexity index is 2630. The molecule has 20 heteroatoms. The molecule has 2 saturated heterocycles. The topological polar surface area (TPSA) is 157 Å². The number of likely N-dealkylation sites (N-methyl/N-ethyl adjacent to an activating group) is 2. The molecule has 6 aromatic rings. The molecule has 2 aromatic heterocycles. The molecule has 0 unspecified atom stereocenters. The number of carbonyl (C=O) groups excluding carboxylic acids is 2. The summed E-state index contributed by atoms with van der Waals surface area (Å²) in [6, 6.07) is 28.0. The third-order valence-electron chi connectivity index (χ3n) is 10.3. The summed E-state index contributed by atoms with van der Waals surface area (Å²) in [7, 11) is -5.04. The van der Waals surface area contributed by atoms with Crippen LogP contribution in [0.5, 0.6) is 0 Å². The number of rotatable bonds is 8. The van der Waals surface area contributed by atoms with Crippen LogP contribution in [0.4, 0.5) is 20.2 Å². The number of anilines is 2. The highest BCUT2D eigenvalue weighted by molar-refractivity contribution is 7.87.